The number of carbonyl (C=O) groups excluding carboxylic acids is 2. The minimum Gasteiger partial charge on any atom is -0.348 e. The topological polar surface area (TPSA) is 61.4 Å². The Morgan fingerprint density at radius 3 is 2.89 bits per heavy atom. The zero-order chi connectivity index (χ0) is 13.2. The molecule has 2 amide bonds. The summed E-state index contributed by atoms with van der Waals surface area (Å²) in [5.74, 6) is 0.305. The number of carbonyl (C=O) groups is 2. The Morgan fingerprint density at radius 1 is 1.44 bits per heavy atom. The van der Waals surface area contributed by atoms with E-state index in [1.165, 1.54) is 0 Å². The number of hydrogen-bond donors (Lipinski definition) is 2. The van der Waals surface area contributed by atoms with Crippen LogP contribution in [0, 0.1) is 5.92 Å². The number of amides is 2. The molecule has 0 aromatic carbocycles. The number of hydrogen-bond acceptors (Lipinski definition) is 3. The van der Waals surface area contributed by atoms with E-state index in [-0.39, 0.29) is 23.3 Å². The van der Waals surface area contributed by atoms with Crippen molar-refractivity contribution < 1.29 is 9.59 Å². The summed E-state index contributed by atoms with van der Waals surface area (Å²) < 4.78 is 0. The first-order valence-corrected chi connectivity index (χ1v) is 6.83. The van der Waals surface area contributed by atoms with Crippen molar-refractivity contribution >= 4 is 11.8 Å². The zero-order valence-electron chi connectivity index (χ0n) is 11.3. The van der Waals surface area contributed by atoms with E-state index in [0.717, 1.165) is 32.5 Å². The van der Waals surface area contributed by atoms with Crippen molar-refractivity contribution in [1.82, 2.24) is 15.5 Å². The second-order valence-electron chi connectivity index (χ2n) is 5.77. The predicted octanol–water partition coefficient (Wildman–Crippen LogP) is 0.113. The molecular formula is C13H23N3O2. The van der Waals surface area contributed by atoms with E-state index in [4.69, 9.17) is 0 Å². The van der Waals surface area contributed by atoms with Crippen molar-refractivity contribution in [2.75, 3.05) is 26.2 Å². The average molecular weight is 253 g/mol. The van der Waals surface area contributed by atoms with Gasteiger partial charge in [0.05, 0.1) is 5.54 Å². The van der Waals surface area contributed by atoms with E-state index < -0.39 is 0 Å². The quantitative estimate of drug-likeness (QED) is 0.697. The maximum atomic E-state index is 12.1. The molecule has 2 aliphatic heterocycles. The molecule has 2 fully saturated rings. The largest absolute Gasteiger partial charge is 0.348 e. The average Bonchev–Trinajstić information content (AvgIpc) is 2.51. The zero-order valence-corrected chi connectivity index (χ0v) is 11.3. The highest BCUT2D eigenvalue weighted by Crippen LogP contribution is 2.22. The Bertz CT molecular complexity index is 343. The van der Waals surface area contributed by atoms with Crippen molar-refractivity contribution in [3.05, 3.63) is 0 Å². The molecular weight excluding hydrogens is 230 g/mol. The third-order valence-electron chi connectivity index (χ3n) is 3.78. The van der Waals surface area contributed by atoms with Crippen molar-refractivity contribution in [1.29, 1.82) is 0 Å². The summed E-state index contributed by atoms with van der Waals surface area (Å²) in [6.45, 7) is 6.79. The minimum absolute atomic E-state index is 0.0134. The smallest absolute Gasteiger partial charge is 0.225 e. The van der Waals surface area contributed by atoms with E-state index in [0.29, 0.717) is 13.0 Å². The Balaban J connectivity index is 2.11. The third kappa shape index (κ3) is 2.83. The predicted molar refractivity (Wildman–Crippen MR) is 69.0 cm³/mol. The fourth-order valence-corrected chi connectivity index (χ4v) is 2.85. The summed E-state index contributed by atoms with van der Waals surface area (Å²) in [7, 11) is 0. The molecule has 0 bridgehead atoms. The molecule has 0 aliphatic carbocycles. The van der Waals surface area contributed by atoms with Gasteiger partial charge in [0.2, 0.25) is 11.8 Å². The van der Waals surface area contributed by atoms with Gasteiger partial charge < -0.3 is 15.5 Å². The molecule has 2 heterocycles. The fourth-order valence-electron chi connectivity index (χ4n) is 2.85. The lowest BCUT2D eigenvalue weighted by Gasteiger charge is -2.40. The van der Waals surface area contributed by atoms with Crippen molar-refractivity contribution in [3.63, 3.8) is 0 Å². The minimum atomic E-state index is -0.254. The van der Waals surface area contributed by atoms with Crippen LogP contribution >= 0.6 is 0 Å². The van der Waals surface area contributed by atoms with Crippen LogP contribution in [0.15, 0.2) is 0 Å². The molecule has 0 aromatic rings. The normalized spacial score (nSPS) is 29.3. The Morgan fingerprint density at radius 2 is 2.22 bits per heavy atom. The fraction of sp³-hybridized carbons (Fsp3) is 0.846. The molecule has 5 heteroatoms. The summed E-state index contributed by atoms with van der Waals surface area (Å²) in [6.07, 6.45) is 2.48. The van der Waals surface area contributed by atoms with Crippen LogP contribution in [0.4, 0.5) is 0 Å². The highest BCUT2D eigenvalue weighted by molar-refractivity contribution is 5.79. The summed E-state index contributed by atoms with van der Waals surface area (Å²) >= 11 is 0. The van der Waals surface area contributed by atoms with Gasteiger partial charge in [-0.15, -0.1) is 0 Å². The summed E-state index contributed by atoms with van der Waals surface area (Å²) in [5, 5.41) is 6.44. The first-order valence-electron chi connectivity index (χ1n) is 6.83. The van der Waals surface area contributed by atoms with E-state index in [9.17, 15) is 9.59 Å². The van der Waals surface area contributed by atoms with Gasteiger partial charge in [0.15, 0.2) is 0 Å². The van der Waals surface area contributed by atoms with Crippen LogP contribution in [0.1, 0.15) is 33.1 Å². The van der Waals surface area contributed by atoms with Gasteiger partial charge >= 0.3 is 0 Å². The highest BCUT2D eigenvalue weighted by atomic mass is 16.2. The molecule has 2 aliphatic rings. The SMILES string of the molecule is CC(C)C(=O)N1CCNC[C@]2(CCCC(=O)N2)C1. The van der Waals surface area contributed by atoms with Crippen LogP contribution in [0.25, 0.3) is 0 Å². The Hall–Kier alpha value is -1.10. The summed E-state index contributed by atoms with van der Waals surface area (Å²) in [5.41, 5.74) is -0.254. The lowest BCUT2D eigenvalue weighted by atomic mass is 9.88. The molecule has 2 rings (SSSR count). The number of nitrogens with zero attached hydrogens (tertiary/aromatic N) is 1. The maximum absolute atomic E-state index is 12.1. The molecule has 5 nitrogen and oxygen atoms in total. The monoisotopic (exact) mass is 253 g/mol. The van der Waals surface area contributed by atoms with E-state index >= 15 is 0 Å². The van der Waals surface area contributed by atoms with Crippen LogP contribution in [0.5, 0.6) is 0 Å². The first kappa shape index (κ1) is 13.3. The molecule has 2 N–H and O–H groups in total. The van der Waals surface area contributed by atoms with Crippen LogP contribution in [-0.2, 0) is 9.59 Å². The van der Waals surface area contributed by atoms with E-state index in [1.807, 2.05) is 18.7 Å². The lowest BCUT2D eigenvalue weighted by Crippen LogP contribution is -2.61. The molecule has 0 radical (unpaired) electrons. The number of rotatable bonds is 1. The molecule has 0 aromatic heterocycles. The van der Waals surface area contributed by atoms with Crippen molar-refractivity contribution in [2.24, 2.45) is 5.92 Å². The van der Waals surface area contributed by atoms with Gasteiger partial charge in [0.25, 0.3) is 0 Å². The molecule has 0 unspecified atom stereocenters. The lowest BCUT2D eigenvalue weighted by molar-refractivity contribution is -0.136. The van der Waals surface area contributed by atoms with Gasteiger partial charge in [0.1, 0.15) is 0 Å². The molecule has 18 heavy (non-hydrogen) atoms. The highest BCUT2D eigenvalue weighted by Gasteiger charge is 2.39. The van der Waals surface area contributed by atoms with Crippen LogP contribution < -0.4 is 10.6 Å². The summed E-state index contributed by atoms with van der Waals surface area (Å²) in [4.78, 5) is 25.7. The van der Waals surface area contributed by atoms with Gasteiger partial charge in [-0.3, -0.25) is 9.59 Å². The van der Waals surface area contributed by atoms with Crippen LogP contribution in [0.2, 0.25) is 0 Å². The molecule has 2 saturated heterocycles. The van der Waals surface area contributed by atoms with Crippen molar-refractivity contribution in [3.8, 4) is 0 Å². The second kappa shape index (κ2) is 5.26. The van der Waals surface area contributed by atoms with E-state index in [2.05, 4.69) is 10.6 Å². The maximum Gasteiger partial charge on any atom is 0.225 e. The Kier molecular flexibility index (Phi) is 3.90. The van der Waals surface area contributed by atoms with Gasteiger partial charge in [-0.2, -0.15) is 0 Å². The van der Waals surface area contributed by atoms with Gasteiger partial charge in [-0.05, 0) is 12.8 Å². The van der Waals surface area contributed by atoms with Gasteiger partial charge in [-0.1, -0.05) is 13.8 Å². The van der Waals surface area contributed by atoms with Gasteiger partial charge in [-0.25, -0.2) is 0 Å². The summed E-state index contributed by atoms with van der Waals surface area (Å²) in [6, 6.07) is 0. The number of piperidine rings is 1. The van der Waals surface area contributed by atoms with E-state index in [1.54, 1.807) is 0 Å². The van der Waals surface area contributed by atoms with Gasteiger partial charge in [0, 0.05) is 38.5 Å². The van der Waals surface area contributed by atoms with Crippen molar-refractivity contribution in [2.45, 2.75) is 38.6 Å². The number of nitrogens with one attached hydrogen (secondary N) is 2. The van der Waals surface area contributed by atoms with Crippen LogP contribution in [0.3, 0.4) is 0 Å². The third-order valence-corrected chi connectivity index (χ3v) is 3.78. The Labute approximate surface area is 108 Å². The molecule has 0 saturated carbocycles. The molecule has 102 valence electrons. The standard InChI is InChI=1S/C13H23N3O2/c1-10(2)12(18)16-7-6-14-8-13(9-16)5-3-4-11(17)15-13/h10,14H,3-9H2,1-2H3,(H,15,17)/t13-/m1/s1. The van der Waals surface area contributed by atoms with Crippen LogP contribution in [-0.4, -0.2) is 48.4 Å². The first-order chi connectivity index (χ1) is 8.52. The second-order valence-corrected chi connectivity index (χ2v) is 5.77. The molecule has 1 atom stereocenters. The molecule has 1 spiro atoms.